The number of carboxylic acids is 1. The fourth-order valence-corrected chi connectivity index (χ4v) is 8.76. The number of H-pyrrole nitrogens is 1. The van der Waals surface area contributed by atoms with Gasteiger partial charge in [-0.15, -0.1) is 30.7 Å². The van der Waals surface area contributed by atoms with Crippen LogP contribution >= 0.6 is 0 Å². The monoisotopic (exact) mass is 1040 g/mol. The Balaban J connectivity index is 1.49. The molecule has 0 amide bonds. The minimum Gasteiger partial charge on any atom is -0.505 e. The number of aromatic nitrogens is 2. The zero-order valence-corrected chi connectivity index (χ0v) is 37.8. The molecule has 0 saturated carbocycles. The number of aliphatic hydroxyl groups excluding tert-OH is 2. The largest absolute Gasteiger partial charge is 0.505 e. The molecule has 1 aromatic heterocycles. The van der Waals surface area contributed by atoms with Crippen molar-refractivity contribution in [3.8, 4) is 22.9 Å². The number of aromatic hydroxyl groups is 1. The van der Waals surface area contributed by atoms with E-state index in [9.17, 15) is 81.9 Å². The third kappa shape index (κ3) is 11.3. The number of aryl methyl sites for hydroxylation is 1. The molecule has 6 rings (SSSR count). The summed E-state index contributed by atoms with van der Waals surface area (Å²) in [7, 11) is -20.6. The van der Waals surface area contributed by atoms with Crippen molar-refractivity contribution in [1.82, 2.24) is 9.78 Å². The molecule has 69 heavy (non-hydrogen) atoms. The Morgan fingerprint density at radius 3 is 1.65 bits per heavy atom. The van der Waals surface area contributed by atoms with E-state index in [2.05, 4.69) is 35.8 Å². The van der Waals surface area contributed by atoms with Gasteiger partial charge in [-0.25, -0.2) is 9.48 Å². The number of phenolic OH excluding ortho intramolecular Hbond substituents is 1. The van der Waals surface area contributed by atoms with Gasteiger partial charge in [0.1, 0.15) is 67.8 Å². The summed E-state index contributed by atoms with van der Waals surface area (Å²) in [5, 5.41) is 63.7. The maximum Gasteiger partial charge on any atom is 0.356 e. The van der Waals surface area contributed by atoms with E-state index >= 15 is 0 Å². The number of fused-ring (bicyclic) bond motifs is 1. The van der Waals surface area contributed by atoms with Crippen LogP contribution in [0.2, 0.25) is 0 Å². The molecule has 28 nitrogen and oxygen atoms in total. The lowest BCUT2D eigenvalue weighted by molar-refractivity contribution is 0.0690. The van der Waals surface area contributed by atoms with Crippen molar-refractivity contribution >= 4 is 91.3 Å². The molecular formula is C37H32N8O20S4. The maximum absolute atomic E-state index is 13.3. The van der Waals surface area contributed by atoms with Gasteiger partial charge in [-0.1, -0.05) is 6.07 Å². The van der Waals surface area contributed by atoms with Crippen molar-refractivity contribution in [3.63, 3.8) is 0 Å². The molecule has 0 unspecified atom stereocenters. The summed E-state index contributed by atoms with van der Waals surface area (Å²) in [5.74, 6) is -3.58. The highest BCUT2D eigenvalue weighted by molar-refractivity contribution is 7.87. The van der Waals surface area contributed by atoms with Gasteiger partial charge in [-0.05, 0) is 67.1 Å². The van der Waals surface area contributed by atoms with Crippen molar-refractivity contribution in [2.45, 2.75) is 26.5 Å². The van der Waals surface area contributed by atoms with Crippen LogP contribution in [0, 0.1) is 6.92 Å². The molecule has 364 valence electrons. The molecule has 6 aromatic rings. The smallest absolute Gasteiger partial charge is 0.356 e. The molecule has 0 spiro atoms. The van der Waals surface area contributed by atoms with Crippen molar-refractivity contribution in [2.75, 3.05) is 26.4 Å². The fourth-order valence-electron chi connectivity index (χ4n) is 6.11. The minimum absolute atomic E-state index is 0.178. The summed E-state index contributed by atoms with van der Waals surface area (Å²) in [6.07, 6.45) is 0. The number of benzene rings is 5. The number of rotatable bonds is 18. The number of carboxylic acid groups (broad SMARTS) is 1. The number of nitrogens with one attached hydrogen (secondary N) is 1. The molecule has 0 aliphatic heterocycles. The maximum atomic E-state index is 13.3. The normalized spacial score (nSPS) is 12.7. The van der Waals surface area contributed by atoms with E-state index in [-0.39, 0.29) is 34.2 Å². The molecule has 0 saturated heterocycles. The van der Waals surface area contributed by atoms with E-state index < -0.39 is 137 Å². The van der Waals surface area contributed by atoms with E-state index in [1.807, 2.05) is 0 Å². The summed E-state index contributed by atoms with van der Waals surface area (Å²) in [6, 6.07) is 11.8. The predicted octanol–water partition coefficient (Wildman–Crippen LogP) is 5.01. The Labute approximate surface area is 387 Å². The molecule has 0 fully saturated rings. The molecule has 32 heteroatoms. The Morgan fingerprint density at radius 1 is 0.609 bits per heavy atom. The molecule has 1 heterocycles. The highest BCUT2D eigenvalue weighted by Gasteiger charge is 2.29. The minimum atomic E-state index is -5.57. The number of aromatic carboxylic acids is 1. The first-order chi connectivity index (χ1) is 32.2. The molecular weight excluding hydrogens is 1000 g/mol. The Kier molecular flexibility index (Phi) is 14.5. The van der Waals surface area contributed by atoms with Gasteiger partial charge < -0.3 is 29.9 Å². The number of ether oxygens (including phenoxy) is 2. The van der Waals surface area contributed by atoms with Gasteiger partial charge >= 0.3 is 5.97 Å². The van der Waals surface area contributed by atoms with E-state index in [1.165, 1.54) is 12.1 Å². The molecule has 0 radical (unpaired) electrons. The number of nitrogens with zero attached hydrogens (tertiary/aromatic N) is 7. The van der Waals surface area contributed by atoms with Crippen molar-refractivity contribution in [3.05, 3.63) is 94.4 Å². The Hall–Kier alpha value is -7.40. The first-order valence-corrected chi connectivity index (χ1v) is 24.4. The van der Waals surface area contributed by atoms with Crippen molar-refractivity contribution in [2.24, 2.45) is 30.7 Å². The summed E-state index contributed by atoms with van der Waals surface area (Å²) < 4.78 is 150. The standard InChI is InChI=1S/C37H32N8O20S4/c1-18-2-8-23(29(14-18)67(55,56)57)38-40-25-16-28(65-13-11-47)26(17-27(25)64-12-10-46)41-42-31-30(68(58,59)60)15-22-21(34(31)48)7-9-24(35(22)69(61,62)63)39-43-32-33(37(50)51)44-45(36(32)49)19-3-5-20(6-4-19)66(52,53)54/h2-9,14-17,44,46-48H,10-13H2,1H3,(H,50,51)(H,52,53,54)(H,55,56,57)(H,58,59,60)(H,61,62,63). The van der Waals surface area contributed by atoms with Crippen LogP contribution in [-0.4, -0.2) is 114 Å². The Morgan fingerprint density at radius 2 is 1.13 bits per heavy atom. The van der Waals surface area contributed by atoms with E-state index in [0.29, 0.717) is 16.3 Å². The quantitative estimate of drug-likeness (QED) is 0.0403. The molecule has 9 N–H and O–H groups in total. The highest BCUT2D eigenvalue weighted by Crippen LogP contribution is 2.47. The number of hydrogen-bond donors (Lipinski definition) is 9. The van der Waals surface area contributed by atoms with Crippen LogP contribution in [0.3, 0.4) is 0 Å². The van der Waals surface area contributed by atoms with E-state index in [4.69, 9.17) is 9.47 Å². The SMILES string of the molecule is Cc1ccc(N=Nc2cc(OCCO)c(N=Nc3c(S(=O)(=O)O)cc4c(S(=O)(=O)O)c(N=Nc5c(C(=O)O)[nH]n(-c6ccc(S(=O)(=O)O)cc6)c5=O)ccc4c3O)cc2OCCO)c(S(=O)(=O)O)c1. The van der Waals surface area contributed by atoms with E-state index in [0.717, 1.165) is 54.6 Å². The lowest BCUT2D eigenvalue weighted by atomic mass is 10.1. The van der Waals surface area contributed by atoms with Gasteiger partial charge in [-0.3, -0.25) is 28.1 Å². The summed E-state index contributed by atoms with van der Waals surface area (Å²) in [6.45, 7) is -0.431. The summed E-state index contributed by atoms with van der Waals surface area (Å²) in [5.41, 5.74) is -5.81. The second-order valence-corrected chi connectivity index (χ2v) is 19.3. The van der Waals surface area contributed by atoms with Crippen molar-refractivity contribution < 1.29 is 86.6 Å². The average molecular weight is 1040 g/mol. The van der Waals surface area contributed by atoms with Crippen LogP contribution in [0.5, 0.6) is 17.2 Å². The second kappa shape index (κ2) is 19.7. The first kappa shape index (κ1) is 51.0. The van der Waals surface area contributed by atoms with Crippen LogP contribution in [0.4, 0.5) is 34.1 Å². The number of aliphatic hydroxyl groups is 2. The van der Waals surface area contributed by atoms with Crippen LogP contribution in [0.15, 0.2) is 128 Å². The lowest BCUT2D eigenvalue weighted by Gasteiger charge is -2.14. The molecule has 5 aromatic carbocycles. The number of aromatic amines is 1. The van der Waals surface area contributed by atoms with Crippen molar-refractivity contribution in [1.29, 1.82) is 0 Å². The topological polar surface area (TPSA) is 446 Å². The molecule has 0 bridgehead atoms. The zero-order valence-electron chi connectivity index (χ0n) is 34.5. The summed E-state index contributed by atoms with van der Waals surface area (Å²) >= 11 is 0. The van der Waals surface area contributed by atoms with Gasteiger partial charge in [0.15, 0.2) is 17.1 Å². The van der Waals surface area contributed by atoms with Gasteiger partial charge in [-0.2, -0.15) is 33.7 Å². The lowest BCUT2D eigenvalue weighted by Crippen LogP contribution is -2.14. The number of azo groups is 3. The van der Waals surface area contributed by atoms with Crippen LogP contribution in [0.1, 0.15) is 16.1 Å². The fraction of sp³-hybridized carbons (Fsp3) is 0.135. The van der Waals surface area contributed by atoms with Gasteiger partial charge in [0, 0.05) is 22.9 Å². The average Bonchev–Trinajstić information content (AvgIpc) is 3.60. The predicted molar refractivity (Wildman–Crippen MR) is 234 cm³/mol. The highest BCUT2D eigenvalue weighted by atomic mass is 32.2. The zero-order chi connectivity index (χ0) is 50.8. The number of phenols is 1. The molecule has 0 atom stereocenters. The first-order valence-electron chi connectivity index (χ1n) is 18.7. The van der Waals surface area contributed by atoms with Crippen LogP contribution in [-0.2, 0) is 40.5 Å². The van der Waals surface area contributed by atoms with Crippen LogP contribution < -0.4 is 15.0 Å². The molecule has 0 aliphatic rings. The number of hydrogen-bond acceptors (Lipinski definition) is 21. The van der Waals surface area contributed by atoms with Gasteiger partial charge in [0.05, 0.1) is 23.8 Å². The third-order valence-corrected chi connectivity index (χ3v) is 12.6. The molecule has 0 aliphatic carbocycles. The summed E-state index contributed by atoms with van der Waals surface area (Å²) in [4.78, 5) is 21.6. The third-order valence-electron chi connectivity index (χ3n) is 9.08. The van der Waals surface area contributed by atoms with Gasteiger partial charge in [0.25, 0.3) is 46.0 Å². The number of carbonyl (C=O) groups is 1. The second-order valence-electron chi connectivity index (χ2n) is 13.8. The van der Waals surface area contributed by atoms with E-state index in [1.54, 1.807) is 6.92 Å². The Bertz CT molecular complexity index is 3670. The van der Waals surface area contributed by atoms with Gasteiger partial charge in [0.2, 0.25) is 0 Å². The van der Waals surface area contributed by atoms with Crippen LogP contribution in [0.25, 0.3) is 16.5 Å².